The number of pyridine rings is 2. The van der Waals surface area contributed by atoms with Crippen molar-refractivity contribution in [3.8, 4) is 11.4 Å². The predicted molar refractivity (Wildman–Crippen MR) is 109 cm³/mol. The van der Waals surface area contributed by atoms with Crippen molar-refractivity contribution in [2.24, 2.45) is 0 Å². The Bertz CT molecular complexity index is 1330. The van der Waals surface area contributed by atoms with Crippen molar-refractivity contribution in [3.63, 3.8) is 0 Å². The van der Waals surface area contributed by atoms with Gasteiger partial charge in [0.05, 0.1) is 29.0 Å². The van der Waals surface area contributed by atoms with Crippen LogP contribution in [0.4, 0.5) is 5.69 Å². The maximum Gasteiger partial charge on any atom is 0.343 e. The number of hydrogen-bond donors (Lipinski definition) is 3. The number of fused-ring (bicyclic) bond motifs is 5. The van der Waals surface area contributed by atoms with Gasteiger partial charge in [-0.25, -0.2) is 14.0 Å². The lowest BCUT2D eigenvalue weighted by Crippen LogP contribution is -2.44. The molecule has 0 saturated heterocycles. The first-order valence-electron chi connectivity index (χ1n) is 9.30. The van der Waals surface area contributed by atoms with Gasteiger partial charge in [0.1, 0.15) is 6.61 Å². The Kier molecular flexibility index (Phi) is 4.07. The summed E-state index contributed by atoms with van der Waals surface area (Å²) in [5.74, 6) is -0.757. The number of aliphatic hydroxyl groups is 1. The van der Waals surface area contributed by atoms with Crippen LogP contribution in [0.2, 0.25) is 0 Å². The lowest BCUT2D eigenvalue weighted by molar-refractivity contribution is -0.172. The van der Waals surface area contributed by atoms with E-state index in [1.165, 1.54) is 0 Å². The van der Waals surface area contributed by atoms with Crippen LogP contribution in [-0.2, 0) is 39.6 Å². The summed E-state index contributed by atoms with van der Waals surface area (Å²) in [7, 11) is 0. The molecule has 2 aliphatic rings. The van der Waals surface area contributed by atoms with Gasteiger partial charge in [-0.1, -0.05) is 6.92 Å². The van der Waals surface area contributed by atoms with Crippen LogP contribution < -0.4 is 10.3 Å². The number of esters is 1. The Hall–Kier alpha value is -3.08. The highest BCUT2D eigenvalue weighted by molar-refractivity contribution is 7.80. The molecule has 3 N–H and O–H groups in total. The van der Waals surface area contributed by atoms with E-state index in [2.05, 4.69) is 9.71 Å². The van der Waals surface area contributed by atoms with E-state index >= 15 is 0 Å². The second kappa shape index (κ2) is 6.46. The molecule has 4 heterocycles. The molecule has 0 spiro atoms. The van der Waals surface area contributed by atoms with Crippen molar-refractivity contribution in [2.45, 2.75) is 32.1 Å². The van der Waals surface area contributed by atoms with Crippen LogP contribution in [0.5, 0.6) is 0 Å². The molecule has 0 fully saturated rings. The highest BCUT2D eigenvalue weighted by atomic mass is 32.2. The first kappa shape index (κ1) is 18.9. The molecule has 3 aromatic rings. The van der Waals surface area contributed by atoms with E-state index in [0.29, 0.717) is 29.1 Å². The average Bonchev–Trinajstić information content (AvgIpc) is 3.07. The minimum absolute atomic E-state index is 0.0851. The Morgan fingerprint density at radius 3 is 2.83 bits per heavy atom. The van der Waals surface area contributed by atoms with Crippen molar-refractivity contribution in [1.29, 1.82) is 0 Å². The first-order valence-corrected chi connectivity index (χ1v) is 10.4. The van der Waals surface area contributed by atoms with Gasteiger partial charge in [-0.2, -0.15) is 0 Å². The standard InChI is InChI=1S/C20H17N3O6S/c1-2-20(26)14-7-16-17-11(8-23(16)18(24)13(14)9-29-19(20)25)5-10-6-12(22-30(27)28)3-4-15(10)21-17/h3-7,22,26H,2,8-9H2,1H3,(H,27,28). The van der Waals surface area contributed by atoms with E-state index in [9.17, 15) is 18.9 Å². The number of rotatable bonds is 3. The summed E-state index contributed by atoms with van der Waals surface area (Å²) < 4.78 is 29.1. The summed E-state index contributed by atoms with van der Waals surface area (Å²) in [6, 6.07) is 8.59. The summed E-state index contributed by atoms with van der Waals surface area (Å²) in [5.41, 5.74) is 1.43. The molecule has 2 atom stereocenters. The Morgan fingerprint density at radius 1 is 1.30 bits per heavy atom. The molecule has 5 rings (SSSR count). The SMILES string of the molecule is CCC1(O)C(=O)OCc2c1cc1n(c2=O)Cc2cc3cc(NS(=O)O)ccc3nc2-1. The van der Waals surface area contributed by atoms with Gasteiger partial charge < -0.3 is 14.4 Å². The molecule has 2 unspecified atom stereocenters. The third-order valence-electron chi connectivity index (χ3n) is 5.71. The van der Waals surface area contributed by atoms with Gasteiger partial charge in [0.15, 0.2) is 5.60 Å². The Balaban J connectivity index is 1.70. The predicted octanol–water partition coefficient (Wildman–Crippen LogP) is 1.63. The van der Waals surface area contributed by atoms with E-state index in [1.807, 2.05) is 6.07 Å². The summed E-state index contributed by atoms with van der Waals surface area (Å²) in [6.07, 6.45) is 0.0851. The number of carbonyl (C=O) groups is 1. The quantitative estimate of drug-likeness (QED) is 0.335. The maximum absolute atomic E-state index is 13.1. The zero-order chi connectivity index (χ0) is 21.2. The zero-order valence-corrected chi connectivity index (χ0v) is 16.7. The van der Waals surface area contributed by atoms with Crippen molar-refractivity contribution in [2.75, 3.05) is 4.72 Å². The third kappa shape index (κ3) is 2.61. The largest absolute Gasteiger partial charge is 0.458 e. The van der Waals surface area contributed by atoms with Crippen LogP contribution in [0.15, 0.2) is 35.1 Å². The minimum atomic E-state index is -2.19. The molecule has 0 radical (unpaired) electrons. The van der Waals surface area contributed by atoms with Crippen molar-refractivity contribution < 1.29 is 23.4 Å². The summed E-state index contributed by atoms with van der Waals surface area (Å²) in [6.45, 7) is 1.78. The molecule has 10 heteroatoms. The van der Waals surface area contributed by atoms with Crippen LogP contribution in [0, 0.1) is 0 Å². The molecule has 154 valence electrons. The number of hydrogen-bond acceptors (Lipinski definition) is 6. The van der Waals surface area contributed by atoms with Crippen molar-refractivity contribution in [1.82, 2.24) is 9.55 Å². The van der Waals surface area contributed by atoms with Gasteiger partial charge in [0, 0.05) is 22.2 Å². The van der Waals surface area contributed by atoms with Gasteiger partial charge >= 0.3 is 5.97 Å². The molecular weight excluding hydrogens is 410 g/mol. The molecular formula is C20H17N3O6S. The van der Waals surface area contributed by atoms with Crippen LogP contribution >= 0.6 is 0 Å². The topological polar surface area (TPSA) is 131 Å². The molecule has 0 aliphatic carbocycles. The molecule has 9 nitrogen and oxygen atoms in total. The smallest absolute Gasteiger partial charge is 0.343 e. The number of nitrogens with zero attached hydrogens (tertiary/aromatic N) is 2. The highest BCUT2D eigenvalue weighted by Crippen LogP contribution is 2.38. The van der Waals surface area contributed by atoms with Gasteiger partial charge in [0.2, 0.25) is 0 Å². The van der Waals surface area contributed by atoms with Crippen LogP contribution in [0.1, 0.15) is 30.0 Å². The van der Waals surface area contributed by atoms with Crippen LogP contribution in [0.3, 0.4) is 0 Å². The second-order valence-corrected chi connectivity index (χ2v) is 8.06. The van der Waals surface area contributed by atoms with Gasteiger partial charge in [-0.3, -0.25) is 14.1 Å². The van der Waals surface area contributed by atoms with E-state index in [0.717, 1.165) is 10.9 Å². The van der Waals surface area contributed by atoms with Gasteiger partial charge in [0.25, 0.3) is 16.8 Å². The Morgan fingerprint density at radius 2 is 2.10 bits per heavy atom. The summed E-state index contributed by atoms with van der Waals surface area (Å²) in [4.78, 5) is 30.0. The van der Waals surface area contributed by atoms with E-state index in [1.54, 1.807) is 35.8 Å². The molecule has 0 amide bonds. The lowest BCUT2D eigenvalue weighted by atomic mass is 9.86. The van der Waals surface area contributed by atoms with Crippen molar-refractivity contribution >= 4 is 33.8 Å². The number of carbonyl (C=O) groups excluding carboxylic acids is 1. The molecule has 1 aromatic carbocycles. The fourth-order valence-corrected chi connectivity index (χ4v) is 4.48. The lowest BCUT2D eigenvalue weighted by Gasteiger charge is -2.31. The summed E-state index contributed by atoms with van der Waals surface area (Å²) in [5, 5.41) is 11.6. The van der Waals surface area contributed by atoms with E-state index < -0.39 is 22.8 Å². The minimum Gasteiger partial charge on any atom is -0.458 e. The highest BCUT2D eigenvalue weighted by Gasteiger charge is 2.45. The first-order chi connectivity index (χ1) is 14.3. The van der Waals surface area contributed by atoms with E-state index in [4.69, 9.17) is 9.29 Å². The normalized spacial score (nSPS) is 20.3. The number of nitrogens with one attached hydrogen (secondary N) is 1. The molecule has 0 saturated carbocycles. The fourth-order valence-electron chi connectivity index (χ4n) is 4.15. The maximum atomic E-state index is 13.1. The second-order valence-electron chi connectivity index (χ2n) is 7.36. The number of ether oxygens (including phenoxy) is 1. The Labute approximate surface area is 172 Å². The number of cyclic esters (lactones) is 1. The van der Waals surface area contributed by atoms with Crippen molar-refractivity contribution in [3.05, 3.63) is 57.4 Å². The molecule has 0 bridgehead atoms. The molecule has 30 heavy (non-hydrogen) atoms. The summed E-state index contributed by atoms with van der Waals surface area (Å²) >= 11 is -2.19. The van der Waals surface area contributed by atoms with Crippen LogP contribution in [-0.4, -0.2) is 29.4 Å². The van der Waals surface area contributed by atoms with Gasteiger partial charge in [-0.05, 0) is 36.8 Å². The zero-order valence-electron chi connectivity index (χ0n) is 15.8. The molecule has 2 aromatic heterocycles. The average molecular weight is 427 g/mol. The number of anilines is 1. The number of aromatic nitrogens is 2. The number of benzene rings is 1. The fraction of sp³-hybridized carbons (Fsp3) is 0.250. The monoisotopic (exact) mass is 427 g/mol. The van der Waals surface area contributed by atoms with Gasteiger partial charge in [-0.15, -0.1) is 0 Å². The van der Waals surface area contributed by atoms with Crippen LogP contribution in [0.25, 0.3) is 22.3 Å². The van der Waals surface area contributed by atoms with E-state index in [-0.39, 0.29) is 29.7 Å². The third-order valence-corrected chi connectivity index (χ3v) is 6.12. The molecule has 2 aliphatic heterocycles.